The van der Waals surface area contributed by atoms with Crippen LogP contribution in [-0.4, -0.2) is 41.7 Å². The Morgan fingerprint density at radius 3 is 2.70 bits per heavy atom. The van der Waals surface area contributed by atoms with Gasteiger partial charge in [-0.15, -0.1) is 0 Å². The van der Waals surface area contributed by atoms with E-state index in [1.54, 1.807) is 12.1 Å². The molecule has 0 bridgehead atoms. The fourth-order valence-electron chi connectivity index (χ4n) is 3.64. The number of halogens is 3. The molecule has 1 aromatic carbocycles. The number of fused-ring (bicyclic) bond motifs is 1. The Bertz CT molecular complexity index is 899. The number of hydrogen-bond acceptors (Lipinski definition) is 5. The number of esters is 1. The van der Waals surface area contributed by atoms with Crippen LogP contribution in [0, 0.1) is 5.92 Å². The van der Waals surface area contributed by atoms with Crippen LogP contribution >= 0.6 is 0 Å². The zero-order valence-electron chi connectivity index (χ0n) is 17.4. The smallest absolute Gasteiger partial charge is 0.416 e. The van der Waals surface area contributed by atoms with Gasteiger partial charge in [-0.1, -0.05) is 19.1 Å². The molecule has 0 N–H and O–H groups in total. The van der Waals surface area contributed by atoms with E-state index in [2.05, 4.69) is 17.1 Å². The Kier molecular flexibility index (Phi) is 6.75. The molecular weight excluding hydrogens is 395 g/mol. The lowest BCUT2D eigenvalue weighted by Gasteiger charge is -2.28. The van der Waals surface area contributed by atoms with Gasteiger partial charge in [0.15, 0.2) is 0 Å². The highest BCUT2D eigenvalue weighted by atomic mass is 19.4. The number of rotatable bonds is 6. The molecule has 2 unspecified atom stereocenters. The van der Waals surface area contributed by atoms with Gasteiger partial charge in [0, 0.05) is 17.5 Å². The third kappa shape index (κ3) is 5.56. The van der Waals surface area contributed by atoms with Crippen LogP contribution in [0.4, 0.5) is 13.2 Å². The normalized spacial score (nSPS) is 18.9. The maximum atomic E-state index is 13.1. The van der Waals surface area contributed by atoms with E-state index in [0.29, 0.717) is 36.9 Å². The van der Waals surface area contributed by atoms with Gasteiger partial charge in [0.05, 0.1) is 17.0 Å². The second kappa shape index (κ2) is 9.12. The Hall–Kier alpha value is -2.48. The molecule has 1 aliphatic carbocycles. The Balaban J connectivity index is 1.84. The molecule has 2 aromatic rings. The van der Waals surface area contributed by atoms with Gasteiger partial charge in [-0.2, -0.15) is 23.4 Å². The van der Waals surface area contributed by atoms with Crippen LogP contribution in [0.1, 0.15) is 49.1 Å². The molecule has 30 heavy (non-hydrogen) atoms. The van der Waals surface area contributed by atoms with E-state index in [1.807, 2.05) is 19.0 Å². The fourth-order valence-corrected chi connectivity index (χ4v) is 3.64. The summed E-state index contributed by atoms with van der Waals surface area (Å²) in [6.45, 7) is 2.84. The van der Waals surface area contributed by atoms with E-state index >= 15 is 0 Å². The van der Waals surface area contributed by atoms with Crippen LogP contribution in [0.3, 0.4) is 0 Å². The summed E-state index contributed by atoms with van der Waals surface area (Å²) in [6.07, 6.45) is -2.53. The van der Waals surface area contributed by atoms with E-state index in [9.17, 15) is 18.0 Å². The minimum absolute atomic E-state index is 0.269. The van der Waals surface area contributed by atoms with E-state index in [0.717, 1.165) is 29.9 Å². The summed E-state index contributed by atoms with van der Waals surface area (Å²) < 4.78 is 44.9. The van der Waals surface area contributed by atoms with Gasteiger partial charge < -0.3 is 9.64 Å². The van der Waals surface area contributed by atoms with Gasteiger partial charge in [-0.05, 0) is 64.0 Å². The Morgan fingerprint density at radius 1 is 1.23 bits per heavy atom. The Morgan fingerprint density at radius 2 is 2.00 bits per heavy atom. The van der Waals surface area contributed by atoms with Crippen molar-refractivity contribution in [3.05, 3.63) is 47.2 Å². The third-order valence-electron chi connectivity index (χ3n) is 5.15. The molecule has 0 spiro atoms. The predicted octanol–water partition coefficient (Wildman–Crippen LogP) is 4.67. The molecule has 5 nitrogen and oxygen atoms in total. The topological polar surface area (TPSA) is 55.3 Å². The first-order valence-electron chi connectivity index (χ1n) is 10.0. The van der Waals surface area contributed by atoms with Crippen molar-refractivity contribution in [3.8, 4) is 11.3 Å². The summed E-state index contributed by atoms with van der Waals surface area (Å²) >= 11 is 0. The van der Waals surface area contributed by atoms with E-state index in [-0.39, 0.29) is 11.9 Å². The predicted molar refractivity (Wildman–Crippen MR) is 107 cm³/mol. The summed E-state index contributed by atoms with van der Waals surface area (Å²) in [7, 11) is 3.89. The zero-order chi connectivity index (χ0) is 21.9. The summed E-state index contributed by atoms with van der Waals surface area (Å²) in [5.74, 6) is -0.00915. The molecule has 1 heterocycles. The standard InChI is InChI=1S/C22H26F3N3O2/c1-14-10-19-17(20(11-14)30-21(29)8-5-9-28(2)3)13-18(26-27-19)15-6-4-7-16(12-15)22(23,24)25/h4,6-7,12-14,20H,5,8-11H2,1-3H3. The number of hydrogen-bond donors (Lipinski definition) is 0. The summed E-state index contributed by atoms with van der Waals surface area (Å²) in [6, 6.07) is 6.71. The van der Waals surface area contributed by atoms with E-state index in [4.69, 9.17) is 4.74 Å². The minimum Gasteiger partial charge on any atom is -0.457 e. The quantitative estimate of drug-likeness (QED) is 0.635. The lowest BCUT2D eigenvalue weighted by molar-refractivity contribution is -0.151. The van der Waals surface area contributed by atoms with Gasteiger partial charge >= 0.3 is 12.1 Å². The summed E-state index contributed by atoms with van der Waals surface area (Å²) in [5, 5.41) is 8.39. The molecular formula is C22H26F3N3O2. The van der Waals surface area contributed by atoms with E-state index < -0.39 is 17.8 Å². The van der Waals surface area contributed by atoms with Crippen molar-refractivity contribution < 1.29 is 22.7 Å². The number of aromatic nitrogens is 2. The largest absolute Gasteiger partial charge is 0.457 e. The summed E-state index contributed by atoms with van der Waals surface area (Å²) in [5.41, 5.74) is 1.39. The second-order valence-electron chi connectivity index (χ2n) is 8.14. The van der Waals surface area contributed by atoms with Gasteiger partial charge in [0.25, 0.3) is 0 Å². The first-order chi connectivity index (χ1) is 14.1. The van der Waals surface area contributed by atoms with Crippen LogP contribution in [-0.2, 0) is 22.1 Å². The van der Waals surface area contributed by atoms with Crippen molar-refractivity contribution in [1.82, 2.24) is 15.1 Å². The van der Waals surface area contributed by atoms with Crippen LogP contribution < -0.4 is 0 Å². The van der Waals surface area contributed by atoms with Crippen molar-refractivity contribution in [2.24, 2.45) is 5.92 Å². The molecule has 1 aliphatic rings. The fraction of sp³-hybridized carbons (Fsp3) is 0.500. The van der Waals surface area contributed by atoms with Gasteiger partial charge in [-0.25, -0.2) is 0 Å². The maximum Gasteiger partial charge on any atom is 0.416 e. The van der Waals surface area contributed by atoms with Crippen LogP contribution in [0.2, 0.25) is 0 Å². The van der Waals surface area contributed by atoms with Crippen molar-refractivity contribution in [3.63, 3.8) is 0 Å². The highest BCUT2D eigenvalue weighted by molar-refractivity contribution is 5.70. The zero-order valence-corrected chi connectivity index (χ0v) is 17.4. The number of ether oxygens (including phenoxy) is 1. The molecule has 0 fully saturated rings. The highest BCUT2D eigenvalue weighted by Gasteiger charge is 2.32. The number of nitrogens with zero attached hydrogens (tertiary/aromatic N) is 3. The molecule has 0 amide bonds. The van der Waals surface area contributed by atoms with Crippen molar-refractivity contribution in [2.45, 2.75) is 44.9 Å². The monoisotopic (exact) mass is 421 g/mol. The molecule has 0 radical (unpaired) electrons. The SMILES string of the molecule is CC1Cc2nnc(-c3cccc(C(F)(F)F)c3)cc2C(OC(=O)CCCN(C)C)C1. The van der Waals surface area contributed by atoms with Gasteiger partial charge in [0.2, 0.25) is 0 Å². The van der Waals surface area contributed by atoms with Crippen molar-refractivity contribution in [1.29, 1.82) is 0 Å². The van der Waals surface area contributed by atoms with Gasteiger partial charge in [0.1, 0.15) is 6.10 Å². The minimum atomic E-state index is -4.43. The molecule has 8 heteroatoms. The van der Waals surface area contributed by atoms with Crippen LogP contribution in [0.25, 0.3) is 11.3 Å². The molecule has 0 saturated heterocycles. The number of carbonyl (C=O) groups is 1. The van der Waals surface area contributed by atoms with E-state index in [1.165, 1.54) is 6.07 Å². The van der Waals surface area contributed by atoms with Crippen molar-refractivity contribution in [2.75, 3.05) is 20.6 Å². The second-order valence-corrected chi connectivity index (χ2v) is 8.14. The first kappa shape index (κ1) is 22.2. The van der Waals surface area contributed by atoms with Crippen LogP contribution in [0.5, 0.6) is 0 Å². The summed E-state index contributed by atoms with van der Waals surface area (Å²) in [4.78, 5) is 14.3. The first-order valence-corrected chi connectivity index (χ1v) is 10.0. The molecule has 2 atom stereocenters. The van der Waals surface area contributed by atoms with Gasteiger partial charge in [-0.3, -0.25) is 4.79 Å². The number of alkyl halides is 3. The number of benzene rings is 1. The molecule has 162 valence electrons. The molecule has 1 aromatic heterocycles. The molecule has 0 aliphatic heterocycles. The maximum absolute atomic E-state index is 13.1. The average Bonchev–Trinajstić information content (AvgIpc) is 2.66. The molecule has 0 saturated carbocycles. The average molecular weight is 421 g/mol. The molecule has 3 rings (SSSR count). The Labute approximate surface area is 174 Å². The lowest BCUT2D eigenvalue weighted by Crippen LogP contribution is -2.23. The lowest BCUT2D eigenvalue weighted by atomic mass is 9.85. The van der Waals surface area contributed by atoms with Crippen LogP contribution in [0.15, 0.2) is 30.3 Å². The highest BCUT2D eigenvalue weighted by Crippen LogP contribution is 2.37. The number of carbonyl (C=O) groups excluding carboxylic acids is 1. The third-order valence-corrected chi connectivity index (χ3v) is 5.15. The van der Waals surface area contributed by atoms with Crippen molar-refractivity contribution >= 4 is 5.97 Å².